The van der Waals surface area contributed by atoms with Crippen LogP contribution in [-0.4, -0.2) is 18.3 Å². The molecule has 2 heteroatoms. The summed E-state index contributed by atoms with van der Waals surface area (Å²) >= 11 is 0. The Morgan fingerprint density at radius 2 is 2.00 bits per heavy atom. The summed E-state index contributed by atoms with van der Waals surface area (Å²) in [6, 6.07) is 10.2. The predicted octanol–water partition coefficient (Wildman–Crippen LogP) is 2.53. The Hall–Kier alpha value is -1.28. The zero-order valence-electron chi connectivity index (χ0n) is 8.93. The molecule has 0 spiro atoms. The van der Waals surface area contributed by atoms with Crippen molar-refractivity contribution >= 4 is 0 Å². The minimum atomic E-state index is 0.287. The lowest BCUT2D eigenvalue weighted by Crippen LogP contribution is -1.87. The average Bonchev–Trinajstić information content (AvgIpc) is 2.86. The average molecular weight is 206 g/mol. The molecular formula is C13H18O2. The van der Waals surface area contributed by atoms with Gasteiger partial charge in [-0.25, -0.2) is 0 Å². The maximum atomic E-state index is 8.53. The molecule has 0 radical (unpaired) electrons. The molecule has 0 aromatic heterocycles. The van der Waals surface area contributed by atoms with Crippen molar-refractivity contribution in [2.24, 2.45) is 0 Å². The lowest BCUT2D eigenvalue weighted by Gasteiger charge is -1.96. The molecule has 0 bridgehead atoms. The number of rotatable bonds is 3. The van der Waals surface area contributed by atoms with E-state index in [2.05, 4.69) is 12.1 Å². The summed E-state index contributed by atoms with van der Waals surface area (Å²) in [5, 5.41) is 8.53. The Morgan fingerprint density at radius 1 is 1.20 bits per heavy atom. The molecule has 82 valence electrons. The largest absolute Gasteiger partial charge is 0.501 e. The molecule has 1 aliphatic heterocycles. The van der Waals surface area contributed by atoms with Gasteiger partial charge in [0, 0.05) is 13.0 Å². The molecular weight excluding hydrogens is 188 g/mol. The van der Waals surface area contributed by atoms with Crippen LogP contribution in [0, 0.1) is 0 Å². The van der Waals surface area contributed by atoms with Crippen molar-refractivity contribution in [1.29, 1.82) is 0 Å². The van der Waals surface area contributed by atoms with Crippen LogP contribution in [0.3, 0.4) is 0 Å². The quantitative estimate of drug-likeness (QED) is 0.823. The third kappa shape index (κ3) is 5.92. The van der Waals surface area contributed by atoms with E-state index >= 15 is 0 Å². The summed E-state index contributed by atoms with van der Waals surface area (Å²) in [5.41, 5.74) is 1.30. The molecule has 2 rings (SSSR count). The fraction of sp³-hybridized carbons (Fsp3) is 0.385. The van der Waals surface area contributed by atoms with Crippen LogP contribution >= 0.6 is 0 Å². The van der Waals surface area contributed by atoms with Gasteiger partial charge in [-0.3, -0.25) is 0 Å². The monoisotopic (exact) mass is 206 g/mol. The van der Waals surface area contributed by atoms with Gasteiger partial charge in [-0.2, -0.15) is 0 Å². The maximum absolute atomic E-state index is 8.53. The molecule has 1 heterocycles. The number of aliphatic hydroxyl groups excluding tert-OH is 1. The van der Waals surface area contributed by atoms with Gasteiger partial charge >= 0.3 is 0 Å². The van der Waals surface area contributed by atoms with E-state index in [1.54, 1.807) is 6.26 Å². The van der Waals surface area contributed by atoms with Crippen LogP contribution in [-0.2, 0) is 11.2 Å². The van der Waals surface area contributed by atoms with Gasteiger partial charge < -0.3 is 9.84 Å². The second kappa shape index (κ2) is 8.06. The van der Waals surface area contributed by atoms with Crippen LogP contribution in [0.2, 0.25) is 0 Å². The summed E-state index contributed by atoms with van der Waals surface area (Å²) in [4.78, 5) is 0. The van der Waals surface area contributed by atoms with Crippen LogP contribution in [0.4, 0.5) is 0 Å². The van der Waals surface area contributed by atoms with Crippen molar-refractivity contribution in [2.75, 3.05) is 13.2 Å². The van der Waals surface area contributed by atoms with Crippen molar-refractivity contribution < 1.29 is 9.84 Å². The summed E-state index contributed by atoms with van der Waals surface area (Å²) in [6.07, 6.45) is 6.70. The van der Waals surface area contributed by atoms with E-state index < -0.39 is 0 Å². The summed E-state index contributed by atoms with van der Waals surface area (Å²) in [7, 11) is 0. The first-order valence-corrected chi connectivity index (χ1v) is 5.35. The number of hydrogen-bond donors (Lipinski definition) is 1. The fourth-order valence-corrected chi connectivity index (χ4v) is 1.27. The van der Waals surface area contributed by atoms with Crippen LogP contribution < -0.4 is 0 Å². The minimum absolute atomic E-state index is 0.287. The smallest absolute Gasteiger partial charge is 0.0908 e. The van der Waals surface area contributed by atoms with E-state index in [9.17, 15) is 0 Å². The molecule has 0 saturated heterocycles. The zero-order chi connectivity index (χ0) is 10.8. The molecule has 1 N–H and O–H groups in total. The molecule has 0 fully saturated rings. The van der Waals surface area contributed by atoms with E-state index in [0.29, 0.717) is 0 Å². The topological polar surface area (TPSA) is 29.5 Å². The second-order valence-corrected chi connectivity index (χ2v) is 3.34. The van der Waals surface area contributed by atoms with Crippen molar-refractivity contribution in [3.05, 3.63) is 48.2 Å². The Bertz CT molecular complexity index is 261. The molecule has 1 aromatic carbocycles. The molecule has 0 amide bonds. The zero-order valence-corrected chi connectivity index (χ0v) is 8.93. The Labute approximate surface area is 91.2 Å². The summed E-state index contributed by atoms with van der Waals surface area (Å²) in [5.74, 6) is 0. The highest BCUT2D eigenvalue weighted by atomic mass is 16.5. The highest BCUT2D eigenvalue weighted by Gasteiger charge is 1.88. The summed E-state index contributed by atoms with van der Waals surface area (Å²) < 4.78 is 4.76. The van der Waals surface area contributed by atoms with Gasteiger partial charge in [0.15, 0.2) is 0 Å². The first kappa shape index (κ1) is 11.8. The van der Waals surface area contributed by atoms with E-state index in [1.807, 2.05) is 24.3 Å². The lowest BCUT2D eigenvalue weighted by atomic mass is 10.1. The standard InChI is InChI=1S/C9H12O.C4H6O/c10-8-4-7-9-5-2-1-3-6-9;1-2-4-5-3-1/h1-3,5-6,10H,4,7-8H2;1,3H,2,4H2. The van der Waals surface area contributed by atoms with Gasteiger partial charge in [-0.1, -0.05) is 30.3 Å². The molecule has 1 aromatic rings. The Morgan fingerprint density at radius 3 is 2.47 bits per heavy atom. The molecule has 0 saturated carbocycles. The van der Waals surface area contributed by atoms with Gasteiger partial charge in [-0.05, 0) is 24.5 Å². The molecule has 0 atom stereocenters. The van der Waals surface area contributed by atoms with Crippen LogP contribution in [0.5, 0.6) is 0 Å². The molecule has 0 unspecified atom stereocenters. The molecule has 0 aliphatic carbocycles. The van der Waals surface area contributed by atoms with E-state index in [1.165, 1.54) is 5.56 Å². The van der Waals surface area contributed by atoms with Crippen molar-refractivity contribution in [1.82, 2.24) is 0 Å². The number of aliphatic hydroxyl groups is 1. The van der Waals surface area contributed by atoms with Gasteiger partial charge in [-0.15, -0.1) is 0 Å². The number of aryl methyl sites for hydroxylation is 1. The fourth-order valence-electron chi connectivity index (χ4n) is 1.27. The van der Waals surface area contributed by atoms with Crippen molar-refractivity contribution in [3.8, 4) is 0 Å². The first-order valence-electron chi connectivity index (χ1n) is 5.35. The minimum Gasteiger partial charge on any atom is -0.501 e. The Balaban J connectivity index is 0.000000187. The Kier molecular flexibility index (Phi) is 6.34. The van der Waals surface area contributed by atoms with Gasteiger partial charge in [0.25, 0.3) is 0 Å². The number of benzene rings is 1. The third-order valence-corrected chi connectivity index (χ3v) is 2.06. The van der Waals surface area contributed by atoms with Crippen LogP contribution in [0.25, 0.3) is 0 Å². The maximum Gasteiger partial charge on any atom is 0.0908 e. The number of ether oxygens (including phenoxy) is 1. The van der Waals surface area contributed by atoms with E-state index in [0.717, 1.165) is 25.9 Å². The molecule has 15 heavy (non-hydrogen) atoms. The van der Waals surface area contributed by atoms with Crippen molar-refractivity contribution in [2.45, 2.75) is 19.3 Å². The predicted molar refractivity (Wildman–Crippen MR) is 61.6 cm³/mol. The molecule has 2 nitrogen and oxygen atoms in total. The second-order valence-electron chi connectivity index (χ2n) is 3.34. The van der Waals surface area contributed by atoms with Gasteiger partial charge in [0.05, 0.1) is 12.9 Å². The SMILES string of the molecule is C1=COCC1.OCCCc1ccccc1. The van der Waals surface area contributed by atoms with Crippen LogP contribution in [0.1, 0.15) is 18.4 Å². The number of hydrogen-bond acceptors (Lipinski definition) is 2. The molecule has 1 aliphatic rings. The van der Waals surface area contributed by atoms with E-state index in [-0.39, 0.29) is 6.61 Å². The van der Waals surface area contributed by atoms with Gasteiger partial charge in [0.2, 0.25) is 0 Å². The van der Waals surface area contributed by atoms with Gasteiger partial charge in [0.1, 0.15) is 0 Å². The van der Waals surface area contributed by atoms with Crippen molar-refractivity contribution in [3.63, 3.8) is 0 Å². The van der Waals surface area contributed by atoms with Crippen LogP contribution in [0.15, 0.2) is 42.7 Å². The lowest BCUT2D eigenvalue weighted by molar-refractivity contribution is 0.281. The highest BCUT2D eigenvalue weighted by molar-refractivity contribution is 5.14. The first-order chi connectivity index (χ1) is 7.43. The third-order valence-electron chi connectivity index (χ3n) is 2.06. The summed E-state index contributed by atoms with van der Waals surface area (Å²) in [6.45, 7) is 1.18. The highest BCUT2D eigenvalue weighted by Crippen LogP contribution is 2.00. The normalized spacial score (nSPS) is 12.9. The van der Waals surface area contributed by atoms with E-state index in [4.69, 9.17) is 9.84 Å².